The summed E-state index contributed by atoms with van der Waals surface area (Å²) >= 11 is 6.00. The first-order valence-corrected chi connectivity index (χ1v) is 8.91. The maximum absolute atomic E-state index is 4.19. The molecule has 0 amide bonds. The van der Waals surface area contributed by atoms with Crippen LogP contribution in [0.25, 0.3) is 11.4 Å². The van der Waals surface area contributed by atoms with Crippen molar-refractivity contribution in [3.8, 4) is 11.4 Å². The van der Waals surface area contributed by atoms with Crippen LogP contribution in [0.2, 0.25) is 0 Å². The fourth-order valence-corrected chi connectivity index (χ4v) is 1.03. The van der Waals surface area contributed by atoms with Gasteiger partial charge in [-0.3, -0.25) is 9.97 Å². The molecule has 0 saturated heterocycles. The van der Waals surface area contributed by atoms with Gasteiger partial charge in [0.2, 0.25) is 0 Å². The molecule has 0 unspecified atom stereocenters. The van der Waals surface area contributed by atoms with E-state index in [0.29, 0.717) is 0 Å². The van der Waals surface area contributed by atoms with E-state index in [9.17, 15) is 0 Å². The molecule has 0 N–H and O–H groups in total. The molecule has 2 rings (SSSR count). The third kappa shape index (κ3) is 4.87. The molecule has 2 aromatic rings. The Morgan fingerprint density at radius 1 is 0.800 bits per heavy atom. The second-order valence-electron chi connectivity index (χ2n) is 2.48. The van der Waals surface area contributed by atoms with Gasteiger partial charge in [-0.2, -0.15) is 0 Å². The van der Waals surface area contributed by atoms with E-state index in [1.165, 1.54) is 10.9 Å². The minimum absolute atomic E-state index is 0.915. The molecule has 0 aliphatic rings. The van der Waals surface area contributed by atoms with Gasteiger partial charge in [-0.1, -0.05) is 12.1 Å². The van der Waals surface area contributed by atoms with E-state index >= 15 is 0 Å². The fourth-order valence-electron chi connectivity index (χ4n) is 1.03. The molecule has 5 heteroatoms. The maximum atomic E-state index is 4.19. The van der Waals surface area contributed by atoms with Crippen LogP contribution >= 0.6 is 28.5 Å². The van der Waals surface area contributed by atoms with E-state index in [0.717, 1.165) is 11.4 Å². The van der Waals surface area contributed by atoms with Gasteiger partial charge < -0.3 is 0 Å². The van der Waals surface area contributed by atoms with Gasteiger partial charge >= 0.3 is 39.3 Å². The average Bonchev–Trinajstić information content (AvgIpc) is 2.32. The molecule has 2 heterocycles. The zero-order valence-corrected chi connectivity index (χ0v) is 11.7. The molecule has 0 aliphatic heterocycles. The molecule has 15 heavy (non-hydrogen) atoms. The Morgan fingerprint density at radius 2 is 1.20 bits per heavy atom. The third-order valence-corrected chi connectivity index (χ3v) is 1.59. The smallest absolute Gasteiger partial charge is 0.0886 e. The quantitative estimate of drug-likeness (QED) is 0.709. The zero-order valence-electron chi connectivity index (χ0n) is 7.59. The number of halogens is 2. The number of hydrogen-bond acceptors (Lipinski definition) is 2. The van der Waals surface area contributed by atoms with Crippen LogP contribution < -0.4 is 0 Å². The molecule has 2 aromatic heterocycles. The van der Waals surface area contributed by atoms with Gasteiger partial charge in [-0.15, -0.1) is 0 Å². The number of nitrogens with zero attached hydrogens (tertiary/aromatic N) is 2. The SMILES string of the molecule is [Br][Ni][Br].c1ccc(-c2ccccn2)nc1. The van der Waals surface area contributed by atoms with Crippen molar-refractivity contribution in [1.29, 1.82) is 0 Å². The Bertz CT molecular complexity index is 332. The Labute approximate surface area is 109 Å². The van der Waals surface area contributed by atoms with Crippen LogP contribution in [0.15, 0.2) is 48.8 Å². The summed E-state index contributed by atoms with van der Waals surface area (Å²) in [4.78, 5) is 8.37. The van der Waals surface area contributed by atoms with Gasteiger partial charge in [-0.25, -0.2) is 0 Å². The first-order chi connectivity index (χ1) is 7.38. The first-order valence-electron chi connectivity index (χ1n) is 4.03. The molecule has 0 atom stereocenters. The first kappa shape index (κ1) is 12.8. The number of pyridine rings is 2. The Kier molecular flexibility index (Phi) is 6.81. The predicted octanol–water partition coefficient (Wildman–Crippen LogP) is 3.83. The van der Waals surface area contributed by atoms with E-state index in [2.05, 4.69) is 38.4 Å². The monoisotopic (exact) mass is 372 g/mol. The number of hydrogen-bond donors (Lipinski definition) is 0. The van der Waals surface area contributed by atoms with Gasteiger partial charge in [0, 0.05) is 12.4 Å². The normalized spacial score (nSPS) is 9.20. The third-order valence-electron chi connectivity index (χ3n) is 1.59. The number of rotatable bonds is 1. The van der Waals surface area contributed by atoms with Crippen molar-refractivity contribution in [3.05, 3.63) is 48.8 Å². The summed E-state index contributed by atoms with van der Waals surface area (Å²) in [7, 11) is 1.25. The largest absolute Gasteiger partial charge is 0.255 e. The molecular weight excluding hydrogens is 367 g/mol. The van der Waals surface area contributed by atoms with Crippen LogP contribution in [0, 0.1) is 0 Å². The van der Waals surface area contributed by atoms with Crippen molar-refractivity contribution in [2.75, 3.05) is 0 Å². The van der Waals surface area contributed by atoms with Crippen molar-refractivity contribution in [3.63, 3.8) is 0 Å². The molecule has 82 valence electrons. The summed E-state index contributed by atoms with van der Waals surface area (Å²) < 4.78 is 0. The molecule has 0 aromatic carbocycles. The average molecular weight is 375 g/mol. The van der Waals surface area contributed by atoms with E-state index in [-0.39, 0.29) is 0 Å². The van der Waals surface area contributed by atoms with Crippen molar-refractivity contribution in [1.82, 2.24) is 9.97 Å². The standard InChI is InChI=1S/C10H8N2.2BrH.Ni/c1-3-7-11-9(5-1)10-6-2-4-8-12-10;;;/h1-8H;2*1H;/q;;;+2/p-2. The molecule has 0 radical (unpaired) electrons. The van der Waals surface area contributed by atoms with Crippen LogP contribution in [0.4, 0.5) is 0 Å². The predicted molar refractivity (Wildman–Crippen MR) is 65.3 cm³/mol. The Morgan fingerprint density at radius 3 is 1.47 bits per heavy atom. The molecule has 0 bridgehead atoms. The molecular formula is C10H8Br2N2Ni. The van der Waals surface area contributed by atoms with Gasteiger partial charge in [-0.05, 0) is 24.3 Å². The van der Waals surface area contributed by atoms with E-state index in [1.807, 2.05) is 36.4 Å². The minimum atomic E-state index is 0.915. The van der Waals surface area contributed by atoms with E-state index in [1.54, 1.807) is 12.4 Å². The zero-order chi connectivity index (χ0) is 10.9. The van der Waals surface area contributed by atoms with Gasteiger partial charge in [0.1, 0.15) is 0 Å². The molecule has 0 aliphatic carbocycles. The molecule has 0 fully saturated rings. The van der Waals surface area contributed by atoms with E-state index in [4.69, 9.17) is 0 Å². The van der Waals surface area contributed by atoms with Crippen LogP contribution in [-0.2, 0) is 10.9 Å². The summed E-state index contributed by atoms with van der Waals surface area (Å²) in [5, 5.41) is 0. The van der Waals surface area contributed by atoms with Gasteiger partial charge in [0.05, 0.1) is 11.4 Å². The topological polar surface area (TPSA) is 25.8 Å². The Balaban J connectivity index is 0.000000337. The summed E-state index contributed by atoms with van der Waals surface area (Å²) in [6.07, 6.45) is 3.54. The van der Waals surface area contributed by atoms with Crippen molar-refractivity contribution in [2.45, 2.75) is 0 Å². The van der Waals surface area contributed by atoms with E-state index < -0.39 is 0 Å². The van der Waals surface area contributed by atoms with Crippen LogP contribution in [-0.4, -0.2) is 9.97 Å². The summed E-state index contributed by atoms with van der Waals surface area (Å²) in [5.74, 6) is 0. The van der Waals surface area contributed by atoms with Crippen LogP contribution in [0.5, 0.6) is 0 Å². The number of aromatic nitrogens is 2. The second-order valence-corrected chi connectivity index (χ2v) is 7.46. The molecule has 2 nitrogen and oxygen atoms in total. The second kappa shape index (κ2) is 7.97. The van der Waals surface area contributed by atoms with Crippen molar-refractivity contribution >= 4 is 28.5 Å². The van der Waals surface area contributed by atoms with Crippen molar-refractivity contribution < 1.29 is 10.9 Å². The molecule has 0 saturated carbocycles. The summed E-state index contributed by atoms with van der Waals surface area (Å²) in [6, 6.07) is 11.6. The van der Waals surface area contributed by atoms with Crippen LogP contribution in [0.3, 0.4) is 0 Å². The maximum Gasteiger partial charge on any atom is 0.0886 e. The summed E-state index contributed by atoms with van der Waals surface area (Å²) in [6.45, 7) is 0. The summed E-state index contributed by atoms with van der Waals surface area (Å²) in [5.41, 5.74) is 1.83. The minimum Gasteiger partial charge on any atom is -0.255 e. The molecule has 0 spiro atoms. The van der Waals surface area contributed by atoms with Gasteiger partial charge in [0.15, 0.2) is 0 Å². The van der Waals surface area contributed by atoms with Crippen LogP contribution in [0.1, 0.15) is 0 Å². The van der Waals surface area contributed by atoms with Crippen molar-refractivity contribution in [2.24, 2.45) is 0 Å². The fraction of sp³-hybridized carbons (Fsp3) is 0. The van der Waals surface area contributed by atoms with Gasteiger partial charge in [0.25, 0.3) is 0 Å². The Hall–Kier alpha value is -0.246.